The number of hydrogen-bond donors (Lipinski definition) is 1. The molecule has 0 atom stereocenters. The van der Waals surface area contributed by atoms with Crippen molar-refractivity contribution in [3.63, 3.8) is 0 Å². The van der Waals surface area contributed by atoms with Crippen molar-refractivity contribution in [3.8, 4) is 0 Å². The molecule has 0 radical (unpaired) electrons. The maximum atomic E-state index is 4.44. The summed E-state index contributed by atoms with van der Waals surface area (Å²) in [5.41, 5.74) is 4.46. The first kappa shape index (κ1) is 19.2. The molecular formula is C22H20ClN3S. The standard InChI is InChI=1S/C22H19N3S.ClH/c1-15-12-20-21(13-16(15)2)23-14-24-22(20)25-17-8-10-19(11-9-17)26-18-6-4-3-5-7-18;/h3-14H,1-2H3,(H,23,24,25);1H. The lowest BCUT2D eigenvalue weighted by Crippen LogP contribution is -1.97. The second-order valence-corrected chi connectivity index (χ2v) is 7.39. The van der Waals surface area contributed by atoms with Gasteiger partial charge in [-0.1, -0.05) is 30.0 Å². The molecule has 136 valence electrons. The van der Waals surface area contributed by atoms with E-state index in [1.165, 1.54) is 20.9 Å². The topological polar surface area (TPSA) is 37.8 Å². The summed E-state index contributed by atoms with van der Waals surface area (Å²) in [5.74, 6) is 0.835. The number of nitrogens with one attached hydrogen (secondary N) is 1. The van der Waals surface area contributed by atoms with Gasteiger partial charge in [0.25, 0.3) is 0 Å². The molecule has 27 heavy (non-hydrogen) atoms. The Hall–Kier alpha value is -2.56. The van der Waals surface area contributed by atoms with Crippen molar-refractivity contribution < 1.29 is 0 Å². The van der Waals surface area contributed by atoms with Crippen LogP contribution in [0, 0.1) is 13.8 Å². The Balaban J connectivity index is 0.00000210. The van der Waals surface area contributed by atoms with E-state index in [1.807, 2.05) is 6.07 Å². The molecule has 1 aromatic heterocycles. The van der Waals surface area contributed by atoms with Crippen molar-refractivity contribution in [1.29, 1.82) is 0 Å². The highest BCUT2D eigenvalue weighted by atomic mass is 35.5. The van der Waals surface area contributed by atoms with Gasteiger partial charge in [-0.15, -0.1) is 12.4 Å². The first-order valence-corrected chi connectivity index (χ1v) is 9.33. The summed E-state index contributed by atoms with van der Waals surface area (Å²) in [6, 6.07) is 23.1. The fraction of sp³-hybridized carbons (Fsp3) is 0.0909. The highest BCUT2D eigenvalue weighted by Crippen LogP contribution is 2.30. The minimum atomic E-state index is 0. The van der Waals surface area contributed by atoms with Crippen LogP contribution in [0.25, 0.3) is 10.9 Å². The summed E-state index contributed by atoms with van der Waals surface area (Å²) in [7, 11) is 0. The van der Waals surface area contributed by atoms with Gasteiger partial charge in [0.2, 0.25) is 0 Å². The zero-order valence-electron chi connectivity index (χ0n) is 15.1. The van der Waals surface area contributed by atoms with Gasteiger partial charge in [-0.25, -0.2) is 9.97 Å². The number of anilines is 2. The van der Waals surface area contributed by atoms with E-state index in [4.69, 9.17) is 0 Å². The third-order valence-electron chi connectivity index (χ3n) is 4.35. The molecule has 0 aliphatic heterocycles. The molecular weight excluding hydrogens is 374 g/mol. The van der Waals surface area contributed by atoms with Gasteiger partial charge in [-0.2, -0.15) is 0 Å². The van der Waals surface area contributed by atoms with Crippen molar-refractivity contribution in [3.05, 3.63) is 84.2 Å². The van der Waals surface area contributed by atoms with Crippen LogP contribution in [0.1, 0.15) is 11.1 Å². The van der Waals surface area contributed by atoms with E-state index in [1.54, 1.807) is 18.1 Å². The smallest absolute Gasteiger partial charge is 0.141 e. The fourth-order valence-corrected chi connectivity index (χ4v) is 3.62. The largest absolute Gasteiger partial charge is 0.340 e. The van der Waals surface area contributed by atoms with Crippen molar-refractivity contribution in [2.75, 3.05) is 5.32 Å². The Bertz CT molecular complexity index is 1050. The minimum Gasteiger partial charge on any atom is -0.340 e. The van der Waals surface area contributed by atoms with Gasteiger partial charge < -0.3 is 5.32 Å². The molecule has 0 fully saturated rings. The highest BCUT2D eigenvalue weighted by molar-refractivity contribution is 7.99. The average Bonchev–Trinajstić information content (AvgIpc) is 2.66. The van der Waals surface area contributed by atoms with Gasteiger partial charge in [0.05, 0.1) is 5.52 Å². The summed E-state index contributed by atoms with van der Waals surface area (Å²) in [4.78, 5) is 11.3. The van der Waals surface area contributed by atoms with Gasteiger partial charge in [0.15, 0.2) is 0 Å². The minimum absolute atomic E-state index is 0. The Morgan fingerprint density at radius 2 is 1.44 bits per heavy atom. The maximum Gasteiger partial charge on any atom is 0.141 e. The van der Waals surface area contributed by atoms with E-state index >= 15 is 0 Å². The molecule has 4 aromatic rings. The van der Waals surface area contributed by atoms with Crippen molar-refractivity contribution >= 4 is 46.6 Å². The van der Waals surface area contributed by atoms with E-state index in [9.17, 15) is 0 Å². The molecule has 4 rings (SSSR count). The number of benzene rings is 3. The van der Waals surface area contributed by atoms with Gasteiger partial charge in [0.1, 0.15) is 12.1 Å². The van der Waals surface area contributed by atoms with Crippen molar-refractivity contribution in [1.82, 2.24) is 9.97 Å². The maximum absolute atomic E-state index is 4.44. The van der Waals surface area contributed by atoms with Crippen LogP contribution < -0.4 is 5.32 Å². The number of aromatic nitrogens is 2. The second-order valence-electron chi connectivity index (χ2n) is 6.24. The number of nitrogens with zero attached hydrogens (tertiary/aromatic N) is 2. The number of halogens is 1. The van der Waals surface area contributed by atoms with E-state index in [0.717, 1.165) is 22.4 Å². The molecule has 0 bridgehead atoms. The van der Waals surface area contributed by atoms with Crippen LogP contribution in [0.5, 0.6) is 0 Å². The summed E-state index contributed by atoms with van der Waals surface area (Å²) in [6.07, 6.45) is 1.61. The van der Waals surface area contributed by atoms with E-state index in [-0.39, 0.29) is 12.4 Å². The molecule has 0 aliphatic rings. The summed E-state index contributed by atoms with van der Waals surface area (Å²) in [5, 5.41) is 4.46. The van der Waals surface area contributed by atoms with E-state index < -0.39 is 0 Å². The molecule has 1 N–H and O–H groups in total. The first-order valence-electron chi connectivity index (χ1n) is 8.51. The van der Waals surface area contributed by atoms with Crippen LogP contribution in [0.4, 0.5) is 11.5 Å². The Morgan fingerprint density at radius 1 is 0.778 bits per heavy atom. The Labute approximate surface area is 169 Å². The Kier molecular flexibility index (Phi) is 5.99. The van der Waals surface area contributed by atoms with Crippen LogP contribution in [0.2, 0.25) is 0 Å². The lowest BCUT2D eigenvalue weighted by Gasteiger charge is -2.10. The summed E-state index contributed by atoms with van der Waals surface area (Å²) in [6.45, 7) is 4.22. The van der Waals surface area contributed by atoms with E-state index in [0.29, 0.717) is 0 Å². The van der Waals surface area contributed by atoms with Crippen LogP contribution in [-0.2, 0) is 0 Å². The van der Waals surface area contributed by atoms with Gasteiger partial charge >= 0.3 is 0 Å². The number of fused-ring (bicyclic) bond motifs is 1. The van der Waals surface area contributed by atoms with Crippen LogP contribution in [-0.4, -0.2) is 9.97 Å². The second kappa shape index (κ2) is 8.42. The third-order valence-corrected chi connectivity index (χ3v) is 5.36. The van der Waals surface area contributed by atoms with Gasteiger partial charge in [0, 0.05) is 20.9 Å². The average molecular weight is 394 g/mol. The molecule has 3 aromatic carbocycles. The van der Waals surface area contributed by atoms with Gasteiger partial charge in [-0.3, -0.25) is 0 Å². The van der Waals surface area contributed by atoms with E-state index in [2.05, 4.69) is 89.8 Å². The summed E-state index contributed by atoms with van der Waals surface area (Å²) >= 11 is 1.76. The van der Waals surface area contributed by atoms with Crippen molar-refractivity contribution in [2.45, 2.75) is 23.6 Å². The van der Waals surface area contributed by atoms with Crippen molar-refractivity contribution in [2.24, 2.45) is 0 Å². The lowest BCUT2D eigenvalue weighted by molar-refractivity contribution is 1.21. The molecule has 0 spiro atoms. The molecule has 3 nitrogen and oxygen atoms in total. The molecule has 1 heterocycles. The molecule has 0 saturated heterocycles. The molecule has 5 heteroatoms. The molecule has 0 saturated carbocycles. The number of rotatable bonds is 4. The third kappa shape index (κ3) is 4.41. The monoisotopic (exact) mass is 393 g/mol. The molecule has 0 aliphatic carbocycles. The van der Waals surface area contributed by atoms with Crippen LogP contribution in [0.15, 0.2) is 82.8 Å². The SMILES string of the molecule is Cc1cc2ncnc(Nc3ccc(Sc4ccccc4)cc3)c2cc1C.Cl. The van der Waals surface area contributed by atoms with Gasteiger partial charge in [-0.05, 0) is 73.5 Å². The van der Waals surface area contributed by atoms with Crippen LogP contribution in [0.3, 0.4) is 0 Å². The van der Waals surface area contributed by atoms with Crippen LogP contribution >= 0.6 is 24.2 Å². The highest BCUT2D eigenvalue weighted by Gasteiger charge is 2.06. The fourth-order valence-electron chi connectivity index (χ4n) is 2.78. The molecule has 0 amide bonds. The normalized spacial score (nSPS) is 10.4. The Morgan fingerprint density at radius 3 is 2.19 bits per heavy atom. The predicted molar refractivity (Wildman–Crippen MR) is 117 cm³/mol. The zero-order chi connectivity index (χ0) is 17.9. The quantitative estimate of drug-likeness (QED) is 0.425. The zero-order valence-corrected chi connectivity index (χ0v) is 16.8. The summed E-state index contributed by atoms with van der Waals surface area (Å²) < 4.78 is 0. The first-order chi connectivity index (χ1) is 12.7. The predicted octanol–water partition coefficient (Wildman–Crippen LogP) is 6.56. The molecule has 0 unspecified atom stereocenters. The lowest BCUT2D eigenvalue weighted by atomic mass is 10.1. The number of aryl methyl sites for hydroxylation is 2. The number of hydrogen-bond acceptors (Lipinski definition) is 4.